The molecule has 0 aromatic carbocycles. The average molecular weight is 266 g/mol. The summed E-state index contributed by atoms with van der Waals surface area (Å²) < 4.78 is 6.93. The Hall–Kier alpha value is -1.64. The fraction of sp³-hybridized carbons (Fsp3) is 0.300. The summed E-state index contributed by atoms with van der Waals surface area (Å²) in [5, 5.41) is 1.61. The summed E-state index contributed by atoms with van der Waals surface area (Å²) in [4.78, 5) is 12.8. The number of aryl methyl sites for hydroxylation is 1. The molecule has 2 heterocycles. The summed E-state index contributed by atoms with van der Waals surface area (Å²) in [5.41, 5.74) is 2.51. The number of anilines is 1. The molecule has 0 aliphatic heterocycles. The Kier molecular flexibility index (Phi) is 4.13. The molecule has 0 atom stereocenters. The first-order valence-electron chi connectivity index (χ1n) is 5.21. The normalized spacial score (nSPS) is 10.6. The minimum atomic E-state index is 0.337. The molecule has 0 bridgehead atoms. The van der Waals surface area contributed by atoms with Gasteiger partial charge in [0.25, 0.3) is 0 Å². The molecular weight excluding hydrogens is 252 g/mol. The molecular formula is C10H14N6OS. The SMILES string of the molecule is COCc1nc(NN)cc(Sc2nccn2C)n1. The number of ether oxygens (including phenoxy) is 1. The van der Waals surface area contributed by atoms with E-state index in [1.54, 1.807) is 19.4 Å². The van der Waals surface area contributed by atoms with Crippen molar-refractivity contribution in [1.29, 1.82) is 0 Å². The molecule has 0 saturated carbocycles. The fourth-order valence-corrected chi connectivity index (χ4v) is 2.16. The van der Waals surface area contributed by atoms with Crippen LogP contribution in [-0.4, -0.2) is 26.6 Å². The van der Waals surface area contributed by atoms with Crippen LogP contribution in [0.25, 0.3) is 0 Å². The molecule has 2 aromatic heterocycles. The second-order valence-corrected chi connectivity index (χ2v) is 4.50. The van der Waals surface area contributed by atoms with Gasteiger partial charge in [0.05, 0.1) is 0 Å². The third-order valence-electron chi connectivity index (χ3n) is 2.14. The van der Waals surface area contributed by atoms with Crippen molar-refractivity contribution < 1.29 is 4.74 Å². The van der Waals surface area contributed by atoms with Gasteiger partial charge in [-0.1, -0.05) is 0 Å². The smallest absolute Gasteiger partial charge is 0.174 e. The number of nitrogens with one attached hydrogen (secondary N) is 1. The van der Waals surface area contributed by atoms with E-state index in [4.69, 9.17) is 10.6 Å². The molecule has 18 heavy (non-hydrogen) atoms. The van der Waals surface area contributed by atoms with Gasteiger partial charge in [-0.25, -0.2) is 20.8 Å². The first-order chi connectivity index (χ1) is 8.72. The van der Waals surface area contributed by atoms with Gasteiger partial charge in [0.1, 0.15) is 17.5 Å². The highest BCUT2D eigenvalue weighted by atomic mass is 32.2. The first kappa shape index (κ1) is 12.8. The largest absolute Gasteiger partial charge is 0.377 e. The second kappa shape index (κ2) is 5.80. The van der Waals surface area contributed by atoms with Crippen molar-refractivity contribution in [3.8, 4) is 0 Å². The van der Waals surface area contributed by atoms with E-state index in [-0.39, 0.29) is 0 Å². The molecule has 2 rings (SSSR count). The zero-order chi connectivity index (χ0) is 13.0. The van der Waals surface area contributed by atoms with Crippen LogP contribution in [0.1, 0.15) is 5.82 Å². The van der Waals surface area contributed by atoms with Gasteiger partial charge in [-0.15, -0.1) is 0 Å². The number of hydrogen-bond donors (Lipinski definition) is 2. The molecule has 0 unspecified atom stereocenters. The van der Waals surface area contributed by atoms with E-state index >= 15 is 0 Å². The van der Waals surface area contributed by atoms with E-state index < -0.39 is 0 Å². The summed E-state index contributed by atoms with van der Waals surface area (Å²) in [6, 6.07) is 1.76. The van der Waals surface area contributed by atoms with Crippen molar-refractivity contribution >= 4 is 17.6 Å². The number of imidazole rings is 1. The van der Waals surface area contributed by atoms with Crippen LogP contribution in [0.15, 0.2) is 28.6 Å². The molecule has 3 N–H and O–H groups in total. The van der Waals surface area contributed by atoms with Crippen LogP contribution in [0.3, 0.4) is 0 Å². The average Bonchev–Trinajstić information content (AvgIpc) is 2.75. The lowest BCUT2D eigenvalue weighted by Gasteiger charge is -2.06. The van der Waals surface area contributed by atoms with Crippen LogP contribution >= 0.6 is 11.8 Å². The standard InChI is InChI=1S/C10H14N6OS/c1-16-4-3-12-10(16)18-9-5-7(15-11)13-8(14-9)6-17-2/h3-5H,6,11H2,1-2H3,(H,13,14,15). The van der Waals surface area contributed by atoms with Crippen molar-refractivity contribution in [3.05, 3.63) is 24.3 Å². The molecule has 0 aliphatic carbocycles. The molecule has 0 radical (unpaired) electrons. The number of hydrazine groups is 1. The maximum atomic E-state index is 5.38. The predicted octanol–water partition coefficient (Wildman–Crippen LogP) is 0.793. The Balaban J connectivity index is 2.26. The topological polar surface area (TPSA) is 90.9 Å². The minimum absolute atomic E-state index is 0.337. The number of aromatic nitrogens is 4. The number of methoxy groups -OCH3 is 1. The van der Waals surface area contributed by atoms with Gasteiger partial charge in [-0.05, 0) is 11.8 Å². The summed E-state index contributed by atoms with van der Waals surface area (Å²) in [5.74, 6) is 6.50. The fourth-order valence-electron chi connectivity index (χ4n) is 1.34. The zero-order valence-corrected chi connectivity index (χ0v) is 10.9. The molecule has 0 aliphatic rings. The van der Waals surface area contributed by atoms with Gasteiger partial charge < -0.3 is 14.7 Å². The van der Waals surface area contributed by atoms with Crippen LogP contribution in [0.2, 0.25) is 0 Å². The summed E-state index contributed by atoms with van der Waals surface area (Å²) in [6.45, 7) is 0.337. The maximum absolute atomic E-state index is 5.38. The first-order valence-corrected chi connectivity index (χ1v) is 6.03. The van der Waals surface area contributed by atoms with Gasteiger partial charge in [-0.3, -0.25) is 0 Å². The van der Waals surface area contributed by atoms with Crippen molar-refractivity contribution in [1.82, 2.24) is 19.5 Å². The van der Waals surface area contributed by atoms with Gasteiger partial charge >= 0.3 is 0 Å². The summed E-state index contributed by atoms with van der Waals surface area (Å²) in [7, 11) is 3.52. The lowest BCUT2D eigenvalue weighted by Crippen LogP contribution is -2.11. The minimum Gasteiger partial charge on any atom is -0.377 e. The van der Waals surface area contributed by atoms with Crippen LogP contribution in [0.4, 0.5) is 5.82 Å². The Morgan fingerprint density at radius 2 is 2.33 bits per heavy atom. The Morgan fingerprint density at radius 1 is 1.50 bits per heavy atom. The van der Waals surface area contributed by atoms with Gasteiger partial charge in [-0.2, -0.15) is 0 Å². The van der Waals surface area contributed by atoms with E-state index in [1.165, 1.54) is 11.8 Å². The van der Waals surface area contributed by atoms with Crippen LogP contribution in [0, 0.1) is 0 Å². The lowest BCUT2D eigenvalue weighted by atomic mass is 10.5. The number of nitrogens with two attached hydrogens (primary N) is 1. The van der Waals surface area contributed by atoms with E-state index in [2.05, 4.69) is 20.4 Å². The predicted molar refractivity (Wildman–Crippen MR) is 67.9 cm³/mol. The monoisotopic (exact) mass is 266 g/mol. The highest BCUT2D eigenvalue weighted by Crippen LogP contribution is 2.25. The number of nitrogen functional groups attached to an aromatic ring is 1. The van der Waals surface area contributed by atoms with Gasteiger partial charge in [0, 0.05) is 32.6 Å². The van der Waals surface area contributed by atoms with E-state index in [1.807, 2.05) is 17.8 Å². The molecule has 0 fully saturated rings. The molecule has 2 aromatic rings. The molecule has 96 valence electrons. The summed E-state index contributed by atoms with van der Waals surface area (Å²) in [6.07, 6.45) is 3.61. The van der Waals surface area contributed by atoms with E-state index in [0.29, 0.717) is 18.2 Å². The highest BCUT2D eigenvalue weighted by Gasteiger charge is 2.08. The number of nitrogens with zero attached hydrogens (tertiary/aromatic N) is 4. The van der Waals surface area contributed by atoms with E-state index in [0.717, 1.165) is 10.2 Å². The molecule has 0 saturated heterocycles. The lowest BCUT2D eigenvalue weighted by molar-refractivity contribution is 0.177. The van der Waals surface area contributed by atoms with Gasteiger partial charge in [0.15, 0.2) is 11.0 Å². The maximum Gasteiger partial charge on any atom is 0.174 e. The second-order valence-electron chi connectivity index (χ2n) is 3.51. The van der Waals surface area contributed by atoms with E-state index in [9.17, 15) is 0 Å². The van der Waals surface area contributed by atoms with Crippen molar-refractivity contribution in [2.45, 2.75) is 16.8 Å². The third kappa shape index (κ3) is 2.97. The van der Waals surface area contributed by atoms with Crippen molar-refractivity contribution in [3.63, 3.8) is 0 Å². The van der Waals surface area contributed by atoms with Crippen molar-refractivity contribution in [2.24, 2.45) is 12.9 Å². The quantitative estimate of drug-likeness (QED) is 0.469. The number of rotatable bonds is 5. The van der Waals surface area contributed by atoms with Gasteiger partial charge in [0.2, 0.25) is 0 Å². The molecule has 7 nitrogen and oxygen atoms in total. The van der Waals surface area contributed by atoms with Crippen LogP contribution < -0.4 is 11.3 Å². The third-order valence-corrected chi connectivity index (χ3v) is 3.14. The number of hydrogen-bond acceptors (Lipinski definition) is 7. The molecule has 0 spiro atoms. The zero-order valence-electron chi connectivity index (χ0n) is 10.1. The Morgan fingerprint density at radius 3 is 2.94 bits per heavy atom. The molecule has 8 heteroatoms. The Labute approximate surface area is 109 Å². The molecule has 0 amide bonds. The van der Waals surface area contributed by atoms with Crippen molar-refractivity contribution in [2.75, 3.05) is 12.5 Å². The Bertz CT molecular complexity index is 529. The van der Waals surface area contributed by atoms with Crippen LogP contribution in [0.5, 0.6) is 0 Å². The highest BCUT2D eigenvalue weighted by molar-refractivity contribution is 7.99. The summed E-state index contributed by atoms with van der Waals surface area (Å²) >= 11 is 1.44. The van der Waals surface area contributed by atoms with Crippen LogP contribution in [-0.2, 0) is 18.4 Å².